The Morgan fingerprint density at radius 3 is 2.22 bits per heavy atom. The molecule has 0 radical (unpaired) electrons. The van der Waals surface area contributed by atoms with Crippen LogP contribution >= 0.6 is 11.6 Å². The van der Waals surface area contributed by atoms with Gasteiger partial charge in [0.2, 0.25) is 11.8 Å². The van der Waals surface area contributed by atoms with Crippen molar-refractivity contribution in [3.05, 3.63) is 76.8 Å². The van der Waals surface area contributed by atoms with Crippen LogP contribution in [0, 0.1) is 42.4 Å². The number of imide groups is 1. The topological polar surface area (TPSA) is 57.7 Å². The van der Waals surface area contributed by atoms with Crippen molar-refractivity contribution >= 4 is 35.0 Å². The van der Waals surface area contributed by atoms with Crippen molar-refractivity contribution in [1.82, 2.24) is 4.90 Å². The van der Waals surface area contributed by atoms with Crippen molar-refractivity contribution < 1.29 is 14.4 Å². The van der Waals surface area contributed by atoms with Crippen LogP contribution in [-0.2, 0) is 9.59 Å². The molecule has 0 unspecified atom stereocenters. The van der Waals surface area contributed by atoms with Gasteiger partial charge < -0.3 is 0 Å². The van der Waals surface area contributed by atoms with Gasteiger partial charge in [-0.1, -0.05) is 48.0 Å². The fraction of sp³-hybridized carbons (Fsp3) is 0.346. The minimum Gasteiger partial charge on any atom is -0.289 e. The number of aryl methyl sites for hydroxylation is 1. The Labute approximate surface area is 191 Å². The summed E-state index contributed by atoms with van der Waals surface area (Å²) in [5.74, 6) is 0.273. The van der Waals surface area contributed by atoms with Crippen molar-refractivity contribution in [2.45, 2.75) is 13.3 Å². The number of carbonyl (C=O) groups excluding carboxylic acids is 3. The van der Waals surface area contributed by atoms with E-state index in [4.69, 9.17) is 11.6 Å². The summed E-state index contributed by atoms with van der Waals surface area (Å²) >= 11 is 6.36. The molecule has 5 aliphatic rings. The molecule has 2 aromatic rings. The van der Waals surface area contributed by atoms with E-state index in [2.05, 4.69) is 12.2 Å². The molecule has 6 atom stereocenters. The highest BCUT2D eigenvalue weighted by Gasteiger charge is 2.67. The van der Waals surface area contributed by atoms with Crippen LogP contribution in [0.3, 0.4) is 0 Å². The van der Waals surface area contributed by atoms with Gasteiger partial charge in [-0.25, -0.2) is 0 Å². The maximum atomic E-state index is 13.5. The van der Waals surface area contributed by atoms with Gasteiger partial charge in [0.1, 0.15) is 6.67 Å². The van der Waals surface area contributed by atoms with Crippen molar-refractivity contribution in [2.24, 2.45) is 35.5 Å². The van der Waals surface area contributed by atoms with E-state index in [9.17, 15) is 14.4 Å². The van der Waals surface area contributed by atoms with Crippen molar-refractivity contribution in [1.29, 1.82) is 0 Å². The molecule has 1 aliphatic heterocycles. The number of hydrogen-bond acceptors (Lipinski definition) is 3. The van der Waals surface area contributed by atoms with Gasteiger partial charge in [-0.05, 0) is 66.8 Å². The first kappa shape index (κ1) is 19.7. The second-order valence-electron chi connectivity index (χ2n) is 9.43. The van der Waals surface area contributed by atoms with Gasteiger partial charge in [0.15, 0.2) is 0 Å². The third-order valence-corrected chi connectivity index (χ3v) is 8.18. The molecule has 2 aromatic carbocycles. The molecule has 32 heavy (non-hydrogen) atoms. The Hall–Kier alpha value is -2.92. The molecule has 162 valence electrons. The molecule has 0 N–H and O–H groups in total. The van der Waals surface area contributed by atoms with Crippen LogP contribution in [0.2, 0.25) is 5.02 Å². The first-order valence-corrected chi connectivity index (χ1v) is 11.5. The van der Waals surface area contributed by atoms with Crippen LogP contribution in [0.5, 0.6) is 0 Å². The van der Waals surface area contributed by atoms with Crippen LogP contribution < -0.4 is 4.90 Å². The smallest absolute Gasteiger partial charge is 0.259 e. The summed E-state index contributed by atoms with van der Waals surface area (Å²) in [6.07, 6.45) is 5.43. The number of allylic oxidation sites excluding steroid dienone is 2. The molecular formula is C26H23ClN2O3. The first-order valence-electron chi connectivity index (χ1n) is 11.1. The third kappa shape index (κ3) is 2.80. The predicted octanol–water partition coefficient (Wildman–Crippen LogP) is 4.31. The molecule has 3 fully saturated rings. The first-order chi connectivity index (χ1) is 15.5. The molecule has 4 aliphatic carbocycles. The molecule has 6 heteroatoms. The van der Waals surface area contributed by atoms with E-state index in [0.29, 0.717) is 28.1 Å². The predicted molar refractivity (Wildman–Crippen MR) is 121 cm³/mol. The molecule has 0 aromatic heterocycles. The number of benzene rings is 2. The standard InChI is InChI=1S/C26H23ClN2O3/c1-14-7-8-16(11-21(14)27)28(24(30)15-5-3-2-4-6-15)13-29-25(31)22-17-9-10-18(20-12-19(17)20)23(22)26(29)32/h2-11,17-20,22-23H,12-13H2,1H3/t17-,18-,19-,20+,22-,23+/m0/s1. The quantitative estimate of drug-likeness (QED) is 0.519. The Morgan fingerprint density at radius 1 is 1.00 bits per heavy atom. The largest absolute Gasteiger partial charge is 0.289 e. The van der Waals surface area contributed by atoms with Crippen LogP contribution in [0.15, 0.2) is 60.7 Å². The SMILES string of the molecule is Cc1ccc(N(CN2C(=O)[C@@H]3[C@H]4C=C[C@@H]([C@@H]5C[C@H]45)[C@@H]3C2=O)C(=O)c2ccccc2)cc1Cl. The Balaban J connectivity index is 1.35. The van der Waals surface area contributed by atoms with Crippen LogP contribution in [0.25, 0.3) is 0 Å². The van der Waals surface area contributed by atoms with Gasteiger partial charge in [-0.2, -0.15) is 0 Å². The lowest BCUT2D eigenvalue weighted by Crippen LogP contribution is -2.45. The van der Waals surface area contributed by atoms with Crippen molar-refractivity contribution in [3.63, 3.8) is 0 Å². The van der Waals surface area contributed by atoms with E-state index < -0.39 is 0 Å². The molecule has 5 nitrogen and oxygen atoms in total. The highest BCUT2D eigenvalue weighted by Crippen LogP contribution is 2.65. The Morgan fingerprint density at radius 2 is 1.62 bits per heavy atom. The van der Waals surface area contributed by atoms with Gasteiger partial charge in [0.25, 0.3) is 5.91 Å². The summed E-state index contributed by atoms with van der Waals surface area (Å²) in [7, 11) is 0. The minimum atomic E-state index is -0.281. The van der Waals surface area contributed by atoms with Crippen molar-refractivity contribution in [2.75, 3.05) is 11.6 Å². The van der Waals surface area contributed by atoms with E-state index in [0.717, 1.165) is 12.0 Å². The minimum absolute atomic E-state index is 0.105. The summed E-state index contributed by atoms with van der Waals surface area (Å²) in [4.78, 5) is 43.2. The molecule has 0 spiro atoms. The second-order valence-corrected chi connectivity index (χ2v) is 9.84. The number of likely N-dealkylation sites (tertiary alicyclic amines) is 1. The summed E-state index contributed by atoms with van der Waals surface area (Å²) < 4.78 is 0. The van der Waals surface area contributed by atoms with Crippen molar-refractivity contribution in [3.8, 4) is 0 Å². The monoisotopic (exact) mass is 446 g/mol. The highest BCUT2D eigenvalue weighted by atomic mass is 35.5. The number of carbonyl (C=O) groups is 3. The average molecular weight is 447 g/mol. The molecule has 2 bridgehead atoms. The van der Waals surface area contributed by atoms with E-state index in [1.54, 1.807) is 36.4 Å². The van der Waals surface area contributed by atoms with E-state index in [1.165, 1.54) is 9.80 Å². The zero-order valence-electron chi connectivity index (χ0n) is 17.6. The van der Waals surface area contributed by atoms with Gasteiger partial charge in [0, 0.05) is 16.3 Å². The summed E-state index contributed by atoms with van der Waals surface area (Å²) in [6, 6.07) is 14.3. The fourth-order valence-electron chi connectivity index (χ4n) is 6.05. The Kier molecular flexibility index (Phi) is 4.34. The number of anilines is 1. The summed E-state index contributed by atoms with van der Waals surface area (Å²) in [5, 5.41) is 0.531. The summed E-state index contributed by atoms with van der Waals surface area (Å²) in [5.41, 5.74) is 1.95. The molecule has 1 saturated heterocycles. The van der Waals surface area contributed by atoms with Gasteiger partial charge in [-0.15, -0.1) is 0 Å². The lowest BCUT2D eigenvalue weighted by Gasteiger charge is -2.37. The zero-order valence-corrected chi connectivity index (χ0v) is 18.4. The van der Waals surface area contributed by atoms with Crippen LogP contribution in [-0.4, -0.2) is 29.3 Å². The number of amides is 3. The maximum Gasteiger partial charge on any atom is 0.259 e. The van der Waals surface area contributed by atoms with Gasteiger partial charge in [-0.3, -0.25) is 24.2 Å². The fourth-order valence-corrected chi connectivity index (χ4v) is 6.22. The van der Waals surface area contributed by atoms with E-state index >= 15 is 0 Å². The molecule has 2 saturated carbocycles. The molecule has 1 heterocycles. The summed E-state index contributed by atoms with van der Waals surface area (Å²) in [6.45, 7) is 1.79. The lowest BCUT2D eigenvalue weighted by molar-refractivity contribution is -0.140. The van der Waals surface area contributed by atoms with Gasteiger partial charge in [0.05, 0.1) is 11.8 Å². The highest BCUT2D eigenvalue weighted by molar-refractivity contribution is 6.31. The van der Waals surface area contributed by atoms with Gasteiger partial charge >= 0.3 is 0 Å². The zero-order chi connectivity index (χ0) is 22.1. The maximum absolute atomic E-state index is 13.5. The third-order valence-electron chi connectivity index (χ3n) is 7.77. The van der Waals surface area contributed by atoms with Crippen LogP contribution in [0.1, 0.15) is 22.3 Å². The molecular weight excluding hydrogens is 424 g/mol. The molecule has 3 amide bonds. The number of rotatable bonds is 4. The lowest BCUT2D eigenvalue weighted by atomic mass is 9.63. The normalized spacial score (nSPS) is 31.5. The average Bonchev–Trinajstić information content (AvgIpc) is 3.59. The Bertz CT molecular complexity index is 1140. The van der Waals surface area contributed by atoms with E-state index in [-0.39, 0.29) is 48.1 Å². The second kappa shape index (κ2) is 7.04. The molecule has 7 rings (SSSR count). The number of hydrogen-bond donors (Lipinski definition) is 0. The number of halogens is 1. The number of nitrogens with zero attached hydrogens (tertiary/aromatic N) is 2. The van der Waals surface area contributed by atoms with E-state index in [1.807, 2.05) is 19.1 Å². The van der Waals surface area contributed by atoms with Crippen LogP contribution in [0.4, 0.5) is 5.69 Å².